The average molecular weight is 360 g/mol. The molecule has 0 saturated heterocycles. The van der Waals surface area contributed by atoms with Crippen molar-refractivity contribution in [1.82, 2.24) is 0 Å². The molecular formula is C20H18F2O4. The van der Waals surface area contributed by atoms with E-state index in [1.165, 1.54) is 13.2 Å². The van der Waals surface area contributed by atoms with Gasteiger partial charge in [-0.15, -0.1) is 0 Å². The summed E-state index contributed by atoms with van der Waals surface area (Å²) in [5, 5.41) is 0. The molecule has 1 aliphatic rings. The Morgan fingerprint density at radius 1 is 1.08 bits per heavy atom. The third kappa shape index (κ3) is 3.54. The van der Waals surface area contributed by atoms with E-state index in [-0.39, 0.29) is 17.3 Å². The number of rotatable bonds is 5. The molecule has 4 nitrogen and oxygen atoms in total. The van der Waals surface area contributed by atoms with Crippen LogP contribution in [0.2, 0.25) is 0 Å². The number of ether oxygens (including phenoxy) is 3. The minimum Gasteiger partial charge on any atom is -0.497 e. The molecule has 2 aromatic rings. The molecule has 2 aromatic carbocycles. The number of halogens is 2. The zero-order valence-corrected chi connectivity index (χ0v) is 14.4. The lowest BCUT2D eigenvalue weighted by molar-refractivity contribution is -0.0513. The summed E-state index contributed by atoms with van der Waals surface area (Å²) in [5.74, 6) is 0.683. The molecule has 0 saturated carbocycles. The van der Waals surface area contributed by atoms with Crippen molar-refractivity contribution in [2.75, 3.05) is 14.2 Å². The minimum atomic E-state index is -2.99. The van der Waals surface area contributed by atoms with Crippen molar-refractivity contribution in [3.05, 3.63) is 58.7 Å². The molecule has 0 heterocycles. The van der Waals surface area contributed by atoms with Gasteiger partial charge in [-0.1, -0.05) is 12.1 Å². The van der Waals surface area contributed by atoms with E-state index in [0.29, 0.717) is 35.3 Å². The number of hydrogen-bond donors (Lipinski definition) is 0. The van der Waals surface area contributed by atoms with Crippen LogP contribution < -0.4 is 14.2 Å². The van der Waals surface area contributed by atoms with Crippen molar-refractivity contribution in [3.63, 3.8) is 0 Å². The third-order valence-corrected chi connectivity index (χ3v) is 4.28. The van der Waals surface area contributed by atoms with Crippen LogP contribution >= 0.6 is 0 Å². The summed E-state index contributed by atoms with van der Waals surface area (Å²) in [6, 6.07) is 10.1. The van der Waals surface area contributed by atoms with Gasteiger partial charge in [-0.2, -0.15) is 8.78 Å². The predicted octanol–water partition coefficient (Wildman–Crippen LogP) is 4.52. The maximum atomic E-state index is 12.8. The first-order valence-electron chi connectivity index (χ1n) is 8.07. The first-order valence-corrected chi connectivity index (χ1v) is 8.07. The number of ketones is 1. The summed E-state index contributed by atoms with van der Waals surface area (Å²) >= 11 is 0. The average Bonchev–Trinajstić information content (AvgIpc) is 2.64. The molecule has 0 N–H and O–H groups in total. The number of carbonyl (C=O) groups is 1. The van der Waals surface area contributed by atoms with E-state index in [1.54, 1.807) is 37.5 Å². The standard InChI is InChI=1S/C20H18F2O4/c1-24-15-8-9-16-12(11-15)6-7-13(18(16)23)10-14-4-3-5-17(25-2)19(14)26-20(21)22/h3-5,8-11,20H,6-7H2,1-2H3. The highest BCUT2D eigenvalue weighted by molar-refractivity contribution is 6.13. The highest BCUT2D eigenvalue weighted by atomic mass is 19.3. The van der Waals surface area contributed by atoms with E-state index >= 15 is 0 Å². The van der Waals surface area contributed by atoms with Crippen LogP contribution in [0, 0.1) is 0 Å². The zero-order valence-electron chi connectivity index (χ0n) is 14.4. The number of aryl methyl sites for hydroxylation is 1. The minimum absolute atomic E-state index is 0.0779. The molecule has 1 aliphatic carbocycles. The number of fused-ring (bicyclic) bond motifs is 1. The van der Waals surface area contributed by atoms with Crippen LogP contribution in [0.4, 0.5) is 8.78 Å². The van der Waals surface area contributed by atoms with E-state index in [9.17, 15) is 13.6 Å². The van der Waals surface area contributed by atoms with Gasteiger partial charge in [0.15, 0.2) is 17.3 Å². The fourth-order valence-corrected chi connectivity index (χ4v) is 3.03. The highest BCUT2D eigenvalue weighted by Gasteiger charge is 2.23. The van der Waals surface area contributed by atoms with Crippen molar-refractivity contribution < 1.29 is 27.8 Å². The van der Waals surface area contributed by atoms with Gasteiger partial charge in [0.25, 0.3) is 0 Å². The molecule has 0 spiro atoms. The molecule has 6 heteroatoms. The lowest BCUT2D eigenvalue weighted by Gasteiger charge is -2.19. The van der Waals surface area contributed by atoms with E-state index in [2.05, 4.69) is 4.74 Å². The van der Waals surface area contributed by atoms with E-state index in [1.807, 2.05) is 6.07 Å². The predicted molar refractivity (Wildman–Crippen MR) is 93.2 cm³/mol. The van der Waals surface area contributed by atoms with Gasteiger partial charge < -0.3 is 14.2 Å². The van der Waals surface area contributed by atoms with E-state index < -0.39 is 6.61 Å². The fraction of sp³-hybridized carbons (Fsp3) is 0.250. The molecule has 0 unspecified atom stereocenters. The summed E-state index contributed by atoms with van der Waals surface area (Å²) in [6.45, 7) is -2.99. The molecule has 0 aliphatic heterocycles. The third-order valence-electron chi connectivity index (χ3n) is 4.28. The van der Waals surface area contributed by atoms with Crippen LogP contribution in [-0.2, 0) is 6.42 Å². The number of para-hydroxylation sites is 1. The lowest BCUT2D eigenvalue weighted by Crippen LogP contribution is -2.14. The summed E-state index contributed by atoms with van der Waals surface area (Å²) in [6.07, 6.45) is 2.76. The van der Waals surface area contributed by atoms with Gasteiger partial charge in [0.05, 0.1) is 14.2 Å². The number of allylic oxidation sites excluding steroid dienone is 1. The van der Waals surface area contributed by atoms with E-state index in [4.69, 9.17) is 9.47 Å². The molecule has 136 valence electrons. The van der Waals surface area contributed by atoms with E-state index in [0.717, 1.165) is 5.56 Å². The SMILES string of the molecule is COc1ccc2c(c1)CCC(=Cc1cccc(OC)c1OC(F)F)C2=O. The van der Waals surface area contributed by atoms with Crippen molar-refractivity contribution in [2.45, 2.75) is 19.5 Å². The Kier molecular flexibility index (Phi) is 5.21. The van der Waals surface area contributed by atoms with Gasteiger partial charge >= 0.3 is 6.61 Å². The van der Waals surface area contributed by atoms with Gasteiger partial charge in [-0.25, -0.2) is 0 Å². The van der Waals surface area contributed by atoms with Crippen LogP contribution in [0.1, 0.15) is 27.9 Å². The first kappa shape index (κ1) is 17.9. The number of hydrogen-bond acceptors (Lipinski definition) is 4. The largest absolute Gasteiger partial charge is 0.497 e. The Labute approximate surface area is 150 Å². The molecule has 0 radical (unpaired) electrons. The number of methoxy groups -OCH3 is 2. The van der Waals surface area contributed by atoms with Crippen LogP contribution in [0.5, 0.6) is 17.2 Å². The first-order chi connectivity index (χ1) is 12.5. The van der Waals surface area contributed by atoms with Gasteiger partial charge in [-0.05, 0) is 48.7 Å². The Hall–Kier alpha value is -2.89. The lowest BCUT2D eigenvalue weighted by atomic mass is 9.86. The normalized spacial score (nSPS) is 15.1. The number of carbonyl (C=O) groups excluding carboxylic acids is 1. The van der Waals surface area contributed by atoms with Crippen molar-refractivity contribution in [1.29, 1.82) is 0 Å². The van der Waals surface area contributed by atoms with Crippen LogP contribution in [0.15, 0.2) is 42.0 Å². The molecular weight excluding hydrogens is 342 g/mol. The fourth-order valence-electron chi connectivity index (χ4n) is 3.03. The molecule has 0 atom stereocenters. The zero-order chi connectivity index (χ0) is 18.7. The Morgan fingerprint density at radius 3 is 2.58 bits per heavy atom. The second kappa shape index (κ2) is 7.56. The second-order valence-corrected chi connectivity index (χ2v) is 5.78. The summed E-state index contributed by atoms with van der Waals surface area (Å²) in [5.41, 5.74) is 2.43. The molecule has 26 heavy (non-hydrogen) atoms. The number of benzene rings is 2. The number of Topliss-reactive ketones (excluding diaryl/α,β-unsaturated/α-hetero) is 1. The molecule has 0 fully saturated rings. The van der Waals surface area contributed by atoms with Gasteiger partial charge in [-0.3, -0.25) is 4.79 Å². The topological polar surface area (TPSA) is 44.8 Å². The maximum absolute atomic E-state index is 12.8. The van der Waals surface area contributed by atoms with Crippen LogP contribution in [0.25, 0.3) is 6.08 Å². The van der Waals surface area contributed by atoms with Crippen LogP contribution in [-0.4, -0.2) is 26.6 Å². The highest BCUT2D eigenvalue weighted by Crippen LogP contribution is 2.36. The summed E-state index contributed by atoms with van der Waals surface area (Å²) in [7, 11) is 2.95. The van der Waals surface area contributed by atoms with Crippen molar-refractivity contribution in [2.24, 2.45) is 0 Å². The molecule has 3 rings (SSSR count). The van der Waals surface area contributed by atoms with Crippen LogP contribution in [0.3, 0.4) is 0 Å². The quantitative estimate of drug-likeness (QED) is 0.736. The Balaban J connectivity index is 1.99. The molecule has 0 amide bonds. The summed E-state index contributed by atoms with van der Waals surface area (Å²) in [4.78, 5) is 12.8. The summed E-state index contributed by atoms with van der Waals surface area (Å²) < 4.78 is 40.4. The van der Waals surface area contributed by atoms with Crippen molar-refractivity contribution in [3.8, 4) is 17.2 Å². The van der Waals surface area contributed by atoms with Gasteiger partial charge in [0, 0.05) is 16.7 Å². The smallest absolute Gasteiger partial charge is 0.387 e. The van der Waals surface area contributed by atoms with Gasteiger partial charge in [0.2, 0.25) is 0 Å². The monoisotopic (exact) mass is 360 g/mol. The molecule has 0 bridgehead atoms. The Bertz CT molecular complexity index is 859. The van der Waals surface area contributed by atoms with Gasteiger partial charge in [0.1, 0.15) is 5.75 Å². The molecule has 0 aromatic heterocycles. The Morgan fingerprint density at radius 2 is 1.88 bits per heavy atom. The number of alkyl halides is 2. The maximum Gasteiger partial charge on any atom is 0.387 e. The van der Waals surface area contributed by atoms with Crippen molar-refractivity contribution >= 4 is 11.9 Å². The second-order valence-electron chi connectivity index (χ2n) is 5.78.